The summed E-state index contributed by atoms with van der Waals surface area (Å²) >= 11 is 0. The van der Waals surface area contributed by atoms with E-state index < -0.39 is 5.97 Å². The summed E-state index contributed by atoms with van der Waals surface area (Å²) in [7, 11) is 1.76. The molecular weight excluding hydrogens is 280 g/mol. The van der Waals surface area contributed by atoms with Crippen molar-refractivity contribution in [3.8, 4) is 5.69 Å². The van der Waals surface area contributed by atoms with Crippen LogP contribution < -0.4 is 5.32 Å². The number of anilines is 1. The predicted octanol–water partition coefficient (Wildman–Crippen LogP) is 2.64. The Morgan fingerprint density at radius 2 is 2.09 bits per heavy atom. The number of para-hydroxylation sites is 1. The van der Waals surface area contributed by atoms with Crippen LogP contribution in [0.4, 0.5) is 5.82 Å². The molecule has 0 unspecified atom stereocenters. The highest BCUT2D eigenvalue weighted by molar-refractivity contribution is 5.97. The first-order chi connectivity index (χ1) is 10.7. The molecule has 2 heterocycles. The zero-order valence-electron chi connectivity index (χ0n) is 12.4. The van der Waals surface area contributed by atoms with Crippen LogP contribution in [-0.4, -0.2) is 34.4 Å². The Morgan fingerprint density at radius 3 is 2.77 bits per heavy atom. The lowest BCUT2D eigenvalue weighted by Gasteiger charge is -2.08. The highest BCUT2D eigenvalue weighted by atomic mass is 16.5. The van der Waals surface area contributed by atoms with Gasteiger partial charge in [0, 0.05) is 7.05 Å². The SMILES string of the molecule is CCOC(=O)c1cc2c(cnn2-c2ccccc2)c(NC)n1. The number of pyridine rings is 1. The Labute approximate surface area is 127 Å². The van der Waals surface area contributed by atoms with E-state index in [1.165, 1.54) is 0 Å². The molecule has 1 aromatic carbocycles. The summed E-state index contributed by atoms with van der Waals surface area (Å²) < 4.78 is 6.82. The molecule has 0 atom stereocenters. The van der Waals surface area contributed by atoms with Gasteiger partial charge in [-0.15, -0.1) is 0 Å². The van der Waals surface area contributed by atoms with Crippen LogP contribution in [0.1, 0.15) is 17.4 Å². The molecule has 1 N–H and O–H groups in total. The summed E-state index contributed by atoms with van der Waals surface area (Å²) in [4.78, 5) is 16.3. The number of esters is 1. The number of carbonyl (C=O) groups is 1. The molecule has 0 amide bonds. The highest BCUT2D eigenvalue weighted by Crippen LogP contribution is 2.25. The zero-order valence-corrected chi connectivity index (χ0v) is 12.4. The molecule has 3 aromatic rings. The van der Waals surface area contributed by atoms with Gasteiger partial charge in [-0.2, -0.15) is 5.10 Å². The van der Waals surface area contributed by atoms with Gasteiger partial charge in [-0.1, -0.05) is 18.2 Å². The van der Waals surface area contributed by atoms with Crippen molar-refractivity contribution in [3.05, 3.63) is 48.3 Å². The summed E-state index contributed by atoms with van der Waals surface area (Å²) in [5, 5.41) is 8.25. The maximum atomic E-state index is 12.0. The van der Waals surface area contributed by atoms with Crippen molar-refractivity contribution >= 4 is 22.7 Å². The number of hydrogen-bond donors (Lipinski definition) is 1. The van der Waals surface area contributed by atoms with Gasteiger partial charge in [0.05, 0.1) is 29.4 Å². The first-order valence-corrected chi connectivity index (χ1v) is 7.03. The Hall–Kier alpha value is -2.89. The number of rotatable bonds is 4. The van der Waals surface area contributed by atoms with E-state index in [9.17, 15) is 4.79 Å². The molecular formula is C16H16N4O2. The van der Waals surface area contributed by atoms with Crippen LogP contribution in [0.3, 0.4) is 0 Å². The van der Waals surface area contributed by atoms with Crippen LogP contribution in [0, 0.1) is 0 Å². The molecule has 0 spiro atoms. The van der Waals surface area contributed by atoms with Gasteiger partial charge < -0.3 is 10.1 Å². The van der Waals surface area contributed by atoms with Gasteiger partial charge in [0.1, 0.15) is 5.82 Å². The molecule has 0 saturated carbocycles. The van der Waals surface area contributed by atoms with Gasteiger partial charge in [-0.05, 0) is 25.1 Å². The zero-order chi connectivity index (χ0) is 15.5. The van der Waals surface area contributed by atoms with Crippen LogP contribution in [-0.2, 0) is 4.74 Å². The fourth-order valence-corrected chi connectivity index (χ4v) is 2.30. The molecule has 22 heavy (non-hydrogen) atoms. The van der Waals surface area contributed by atoms with Crippen molar-refractivity contribution in [1.82, 2.24) is 14.8 Å². The Balaban J connectivity index is 2.20. The molecule has 2 aromatic heterocycles. The van der Waals surface area contributed by atoms with Gasteiger partial charge in [-0.3, -0.25) is 0 Å². The average molecular weight is 296 g/mol. The molecule has 0 saturated heterocycles. The van der Waals surface area contributed by atoms with Crippen LogP contribution in [0.5, 0.6) is 0 Å². The van der Waals surface area contributed by atoms with E-state index in [4.69, 9.17) is 4.74 Å². The predicted molar refractivity (Wildman–Crippen MR) is 84.4 cm³/mol. The maximum Gasteiger partial charge on any atom is 0.357 e. The Kier molecular flexibility index (Phi) is 3.74. The quantitative estimate of drug-likeness (QED) is 0.750. The fraction of sp³-hybridized carbons (Fsp3) is 0.188. The monoisotopic (exact) mass is 296 g/mol. The minimum Gasteiger partial charge on any atom is -0.461 e. The van der Waals surface area contributed by atoms with E-state index in [2.05, 4.69) is 15.4 Å². The van der Waals surface area contributed by atoms with Crippen LogP contribution in [0.15, 0.2) is 42.6 Å². The number of nitrogens with zero attached hydrogens (tertiary/aromatic N) is 3. The van der Waals surface area contributed by atoms with Crippen molar-refractivity contribution in [2.45, 2.75) is 6.92 Å². The van der Waals surface area contributed by atoms with Gasteiger partial charge in [0.25, 0.3) is 0 Å². The van der Waals surface area contributed by atoms with Gasteiger partial charge in [0.2, 0.25) is 0 Å². The summed E-state index contributed by atoms with van der Waals surface area (Å²) in [6, 6.07) is 11.4. The second kappa shape index (κ2) is 5.85. The second-order valence-corrected chi connectivity index (χ2v) is 4.65. The molecule has 0 aliphatic rings. The highest BCUT2D eigenvalue weighted by Gasteiger charge is 2.16. The van der Waals surface area contributed by atoms with Crippen molar-refractivity contribution in [1.29, 1.82) is 0 Å². The molecule has 0 fully saturated rings. The van der Waals surface area contributed by atoms with E-state index in [1.807, 2.05) is 30.3 Å². The Bertz CT molecular complexity index is 812. The average Bonchev–Trinajstić information content (AvgIpc) is 2.99. The number of carbonyl (C=O) groups excluding carboxylic acids is 1. The Morgan fingerprint density at radius 1 is 1.32 bits per heavy atom. The molecule has 0 radical (unpaired) electrons. The normalized spacial score (nSPS) is 10.6. The lowest BCUT2D eigenvalue weighted by molar-refractivity contribution is 0.0520. The van der Waals surface area contributed by atoms with E-state index >= 15 is 0 Å². The molecule has 0 aliphatic heterocycles. The van der Waals surface area contributed by atoms with Crippen molar-refractivity contribution < 1.29 is 9.53 Å². The standard InChI is InChI=1S/C16H16N4O2/c1-3-22-16(21)13-9-14-12(15(17-2)19-13)10-18-20(14)11-7-5-4-6-8-11/h4-10H,3H2,1-2H3,(H,17,19). The number of ether oxygens (including phenoxy) is 1. The van der Waals surface area contributed by atoms with Crippen LogP contribution in [0.2, 0.25) is 0 Å². The summed E-state index contributed by atoms with van der Waals surface area (Å²) in [6.07, 6.45) is 1.73. The minimum absolute atomic E-state index is 0.261. The van der Waals surface area contributed by atoms with Crippen LogP contribution in [0.25, 0.3) is 16.6 Å². The number of hydrogen-bond acceptors (Lipinski definition) is 5. The number of benzene rings is 1. The van der Waals surface area contributed by atoms with Gasteiger partial charge in [-0.25, -0.2) is 14.5 Å². The third-order valence-corrected chi connectivity index (χ3v) is 3.29. The van der Waals surface area contributed by atoms with Gasteiger partial charge in [0.15, 0.2) is 5.69 Å². The van der Waals surface area contributed by atoms with Crippen molar-refractivity contribution in [2.75, 3.05) is 19.0 Å². The third kappa shape index (κ3) is 2.39. The number of nitrogens with one attached hydrogen (secondary N) is 1. The molecule has 6 nitrogen and oxygen atoms in total. The lowest BCUT2D eigenvalue weighted by atomic mass is 10.2. The largest absolute Gasteiger partial charge is 0.461 e. The first kappa shape index (κ1) is 14.1. The molecule has 0 bridgehead atoms. The van der Waals surface area contributed by atoms with E-state index in [1.54, 1.807) is 30.9 Å². The van der Waals surface area contributed by atoms with Crippen LogP contribution >= 0.6 is 0 Å². The van der Waals surface area contributed by atoms with Crippen molar-refractivity contribution in [2.24, 2.45) is 0 Å². The summed E-state index contributed by atoms with van der Waals surface area (Å²) in [6.45, 7) is 2.08. The van der Waals surface area contributed by atoms with E-state index in [0.717, 1.165) is 16.6 Å². The smallest absolute Gasteiger partial charge is 0.357 e. The molecule has 3 rings (SSSR count). The topological polar surface area (TPSA) is 69.0 Å². The van der Waals surface area contributed by atoms with E-state index in [-0.39, 0.29) is 5.69 Å². The second-order valence-electron chi connectivity index (χ2n) is 4.65. The van der Waals surface area contributed by atoms with E-state index in [0.29, 0.717) is 12.4 Å². The third-order valence-electron chi connectivity index (χ3n) is 3.29. The first-order valence-electron chi connectivity index (χ1n) is 7.03. The molecule has 6 heteroatoms. The van der Waals surface area contributed by atoms with Gasteiger partial charge >= 0.3 is 5.97 Å². The molecule has 112 valence electrons. The molecule has 0 aliphatic carbocycles. The fourth-order valence-electron chi connectivity index (χ4n) is 2.30. The minimum atomic E-state index is -0.443. The maximum absolute atomic E-state index is 12.0. The summed E-state index contributed by atoms with van der Waals surface area (Å²) in [5.74, 6) is 0.157. The number of fused-ring (bicyclic) bond motifs is 1. The lowest BCUT2D eigenvalue weighted by Crippen LogP contribution is -2.09. The number of aromatic nitrogens is 3. The summed E-state index contributed by atoms with van der Waals surface area (Å²) in [5.41, 5.74) is 1.98. The van der Waals surface area contributed by atoms with Crippen molar-refractivity contribution in [3.63, 3.8) is 0 Å².